The Morgan fingerprint density at radius 3 is 2.48 bits per heavy atom. The summed E-state index contributed by atoms with van der Waals surface area (Å²) < 4.78 is 51.5. The van der Waals surface area contributed by atoms with Crippen LogP contribution in [0, 0.1) is 5.82 Å². The molecule has 21 heavy (non-hydrogen) atoms. The van der Waals surface area contributed by atoms with Crippen molar-refractivity contribution in [1.29, 1.82) is 0 Å². The van der Waals surface area contributed by atoms with Crippen LogP contribution >= 0.6 is 0 Å². The van der Waals surface area contributed by atoms with Crippen LogP contribution in [0.15, 0.2) is 30.6 Å². The molecule has 0 saturated heterocycles. The minimum Gasteiger partial charge on any atom is -0.370 e. The fourth-order valence-electron chi connectivity index (χ4n) is 1.64. The Kier molecular flexibility index (Phi) is 4.25. The van der Waals surface area contributed by atoms with Gasteiger partial charge in [0.1, 0.15) is 23.8 Å². The molecule has 2 N–H and O–H groups in total. The van der Waals surface area contributed by atoms with Crippen molar-refractivity contribution in [3.05, 3.63) is 42.0 Å². The van der Waals surface area contributed by atoms with Gasteiger partial charge in [-0.15, -0.1) is 0 Å². The molecule has 0 aliphatic heterocycles. The normalized spacial score (nSPS) is 11.3. The van der Waals surface area contributed by atoms with Gasteiger partial charge in [0.25, 0.3) is 0 Å². The van der Waals surface area contributed by atoms with E-state index in [2.05, 4.69) is 20.6 Å². The van der Waals surface area contributed by atoms with Crippen molar-refractivity contribution in [3.63, 3.8) is 0 Å². The van der Waals surface area contributed by atoms with Gasteiger partial charge in [0.15, 0.2) is 0 Å². The molecule has 0 bridgehead atoms. The Hall–Kier alpha value is -2.38. The molecule has 0 aliphatic rings. The Bertz CT molecular complexity index is 628. The molecule has 0 aliphatic carbocycles. The Labute approximate surface area is 118 Å². The molecule has 0 spiro atoms. The van der Waals surface area contributed by atoms with Gasteiger partial charge >= 0.3 is 6.18 Å². The van der Waals surface area contributed by atoms with Crippen LogP contribution in [0.4, 0.5) is 34.9 Å². The van der Waals surface area contributed by atoms with Crippen LogP contribution in [0.25, 0.3) is 0 Å². The van der Waals surface area contributed by atoms with Gasteiger partial charge in [0.2, 0.25) is 0 Å². The zero-order valence-corrected chi connectivity index (χ0v) is 11.0. The summed E-state index contributed by atoms with van der Waals surface area (Å²) in [4.78, 5) is 7.75. The summed E-state index contributed by atoms with van der Waals surface area (Å²) in [6, 6.07) is 3.62. The first-order valence-electron chi connectivity index (χ1n) is 6.10. The lowest BCUT2D eigenvalue weighted by Crippen LogP contribution is -2.07. The van der Waals surface area contributed by atoms with E-state index in [1.807, 2.05) is 6.92 Å². The van der Waals surface area contributed by atoms with Gasteiger partial charge in [-0.25, -0.2) is 14.4 Å². The van der Waals surface area contributed by atoms with Gasteiger partial charge in [0.05, 0.1) is 11.3 Å². The maximum Gasteiger partial charge on any atom is 0.416 e. The van der Waals surface area contributed by atoms with E-state index in [-0.39, 0.29) is 11.5 Å². The molecule has 2 aromatic rings. The third-order valence-electron chi connectivity index (χ3n) is 2.58. The lowest BCUT2D eigenvalue weighted by Gasteiger charge is -2.11. The third-order valence-corrected chi connectivity index (χ3v) is 2.58. The first-order chi connectivity index (χ1) is 9.90. The fraction of sp³-hybridized carbons (Fsp3) is 0.231. The lowest BCUT2D eigenvalue weighted by atomic mass is 10.2. The summed E-state index contributed by atoms with van der Waals surface area (Å²) in [6.07, 6.45) is -3.31. The van der Waals surface area contributed by atoms with Gasteiger partial charge < -0.3 is 10.6 Å². The highest BCUT2D eigenvalue weighted by atomic mass is 19.4. The summed E-state index contributed by atoms with van der Waals surface area (Å²) in [5, 5.41) is 5.44. The predicted molar refractivity (Wildman–Crippen MR) is 70.9 cm³/mol. The molecule has 0 amide bonds. The molecule has 0 atom stereocenters. The minimum atomic E-state index is -4.54. The minimum absolute atomic E-state index is 0.194. The standard InChI is InChI=1S/C13H12F4N4/c1-2-18-11-6-12(20-7-19-11)21-10-5-8(13(15,16)17)3-4-9(10)14/h3-7H,2H2,1H3,(H2,18,19,20,21). The van der Waals surface area contributed by atoms with Crippen LogP contribution in [0.1, 0.15) is 12.5 Å². The number of nitrogens with one attached hydrogen (secondary N) is 2. The largest absolute Gasteiger partial charge is 0.416 e. The van der Waals surface area contributed by atoms with E-state index in [0.29, 0.717) is 24.5 Å². The number of alkyl halides is 3. The zero-order chi connectivity index (χ0) is 15.5. The van der Waals surface area contributed by atoms with Crippen LogP contribution in [-0.2, 0) is 6.18 Å². The van der Waals surface area contributed by atoms with Crippen LogP contribution in [0.2, 0.25) is 0 Å². The van der Waals surface area contributed by atoms with E-state index < -0.39 is 17.6 Å². The molecule has 4 nitrogen and oxygen atoms in total. The molecule has 1 heterocycles. The number of benzene rings is 1. The van der Waals surface area contributed by atoms with Gasteiger partial charge in [-0.3, -0.25) is 0 Å². The van der Waals surface area contributed by atoms with E-state index >= 15 is 0 Å². The molecule has 0 fully saturated rings. The number of hydrogen-bond acceptors (Lipinski definition) is 4. The maximum absolute atomic E-state index is 13.6. The summed E-state index contributed by atoms with van der Waals surface area (Å²) in [5.41, 5.74) is -1.24. The van der Waals surface area contributed by atoms with Crippen molar-refractivity contribution in [1.82, 2.24) is 9.97 Å². The van der Waals surface area contributed by atoms with E-state index in [0.717, 1.165) is 6.07 Å². The molecule has 112 valence electrons. The van der Waals surface area contributed by atoms with Crippen LogP contribution in [0.5, 0.6) is 0 Å². The number of anilines is 3. The lowest BCUT2D eigenvalue weighted by molar-refractivity contribution is -0.137. The quantitative estimate of drug-likeness (QED) is 0.843. The highest BCUT2D eigenvalue weighted by Gasteiger charge is 2.31. The smallest absolute Gasteiger partial charge is 0.370 e. The summed E-state index contributed by atoms with van der Waals surface area (Å²) >= 11 is 0. The number of rotatable bonds is 4. The summed E-state index contributed by atoms with van der Waals surface area (Å²) in [5.74, 6) is -0.117. The van der Waals surface area contributed by atoms with Crippen LogP contribution in [-0.4, -0.2) is 16.5 Å². The Morgan fingerprint density at radius 2 is 1.81 bits per heavy atom. The van der Waals surface area contributed by atoms with Gasteiger partial charge in [-0.1, -0.05) is 0 Å². The molecular formula is C13H12F4N4. The molecular weight excluding hydrogens is 288 g/mol. The highest BCUT2D eigenvalue weighted by molar-refractivity contribution is 5.60. The summed E-state index contributed by atoms with van der Waals surface area (Å²) in [7, 11) is 0. The van der Waals surface area contributed by atoms with Crippen molar-refractivity contribution in [2.45, 2.75) is 13.1 Å². The van der Waals surface area contributed by atoms with E-state index in [4.69, 9.17) is 0 Å². The maximum atomic E-state index is 13.6. The van der Waals surface area contributed by atoms with Crippen molar-refractivity contribution in [2.24, 2.45) is 0 Å². The molecule has 0 saturated carbocycles. The highest BCUT2D eigenvalue weighted by Crippen LogP contribution is 2.32. The third kappa shape index (κ3) is 3.80. The van der Waals surface area contributed by atoms with E-state index in [1.54, 1.807) is 0 Å². The average Bonchev–Trinajstić information content (AvgIpc) is 2.41. The predicted octanol–water partition coefficient (Wildman–Crippen LogP) is 3.81. The average molecular weight is 300 g/mol. The van der Waals surface area contributed by atoms with Crippen molar-refractivity contribution in [3.8, 4) is 0 Å². The second-order valence-electron chi connectivity index (χ2n) is 4.14. The van der Waals surface area contributed by atoms with Crippen molar-refractivity contribution in [2.75, 3.05) is 17.2 Å². The molecule has 8 heteroatoms. The van der Waals surface area contributed by atoms with E-state index in [9.17, 15) is 17.6 Å². The first kappa shape index (κ1) is 15.0. The van der Waals surface area contributed by atoms with E-state index in [1.165, 1.54) is 12.4 Å². The molecule has 2 rings (SSSR count). The number of nitrogens with zero attached hydrogens (tertiary/aromatic N) is 2. The molecule has 0 unspecified atom stereocenters. The fourth-order valence-corrected chi connectivity index (χ4v) is 1.64. The van der Waals surface area contributed by atoms with Gasteiger partial charge in [-0.05, 0) is 25.1 Å². The number of halogens is 4. The molecule has 1 aromatic heterocycles. The first-order valence-corrected chi connectivity index (χ1v) is 6.10. The Balaban J connectivity index is 2.28. The van der Waals surface area contributed by atoms with Crippen molar-refractivity contribution < 1.29 is 17.6 Å². The van der Waals surface area contributed by atoms with Crippen molar-refractivity contribution >= 4 is 17.3 Å². The Morgan fingerprint density at radius 1 is 1.10 bits per heavy atom. The summed E-state index contributed by atoms with van der Waals surface area (Å²) in [6.45, 7) is 2.48. The van der Waals surface area contributed by atoms with Crippen LogP contribution in [0.3, 0.4) is 0 Å². The molecule has 0 radical (unpaired) electrons. The monoisotopic (exact) mass is 300 g/mol. The van der Waals surface area contributed by atoms with Gasteiger partial charge in [-0.2, -0.15) is 13.2 Å². The topological polar surface area (TPSA) is 49.8 Å². The second kappa shape index (κ2) is 5.94. The SMILES string of the molecule is CCNc1cc(Nc2cc(C(F)(F)F)ccc2F)ncn1. The zero-order valence-electron chi connectivity index (χ0n) is 11.0. The van der Waals surface area contributed by atoms with Gasteiger partial charge in [0, 0.05) is 12.6 Å². The number of aromatic nitrogens is 2. The van der Waals surface area contributed by atoms with Crippen LogP contribution < -0.4 is 10.6 Å². The molecule has 1 aromatic carbocycles. The number of hydrogen-bond donors (Lipinski definition) is 2. The second-order valence-corrected chi connectivity index (χ2v) is 4.14.